The quantitative estimate of drug-likeness (QED) is 0.202. The zero-order valence-electron chi connectivity index (χ0n) is 30.8. The van der Waals surface area contributed by atoms with Gasteiger partial charge >= 0.3 is 6.03 Å². The van der Waals surface area contributed by atoms with E-state index in [2.05, 4.69) is 39.4 Å². The number of urea groups is 1. The van der Waals surface area contributed by atoms with Gasteiger partial charge in [0.15, 0.2) is 0 Å². The number of fused-ring (bicyclic) bond motifs is 2. The van der Waals surface area contributed by atoms with Crippen molar-refractivity contribution in [2.45, 2.75) is 53.1 Å². The Morgan fingerprint density at radius 3 is 2.45 bits per heavy atom. The minimum absolute atomic E-state index is 0.0924. The Morgan fingerprint density at radius 2 is 1.72 bits per heavy atom. The number of nitrogens with zero attached hydrogens (tertiary/aromatic N) is 7. The van der Waals surface area contributed by atoms with Gasteiger partial charge in [0.2, 0.25) is 11.9 Å². The van der Waals surface area contributed by atoms with Gasteiger partial charge in [-0.3, -0.25) is 29.4 Å². The standard InChI is InChI=1S/C41H43N9O3/c1-24(2)18-33-39(52)48(5)35-19-28(14-17-32(35)36(46-33)27-10-8-7-9-11-27)38(51)44-30-15-12-25(3)34(20-30)50-23-29-21-43-40(47-37(29)49(6)41(50)53)45-31-16-13-26(4)42-22-31/h7-13,15-17,19-22,24,28,33H,14,18,23H2,1-6H3,(H,44,51)(H,43,45,47)/t28?,33-/m0/s1. The topological polar surface area (TPSA) is 136 Å². The van der Waals surface area contributed by atoms with Crippen LogP contribution in [0.1, 0.15) is 49.1 Å². The Bertz CT molecular complexity index is 2180. The highest BCUT2D eigenvalue weighted by molar-refractivity contribution is 6.17. The van der Waals surface area contributed by atoms with Crippen LogP contribution in [0.4, 0.5) is 33.6 Å². The average Bonchev–Trinajstić information content (AvgIpc) is 3.25. The summed E-state index contributed by atoms with van der Waals surface area (Å²) in [6.45, 7) is 8.28. The lowest BCUT2D eigenvalue weighted by molar-refractivity contribution is -0.129. The second-order valence-electron chi connectivity index (χ2n) is 14.2. The minimum Gasteiger partial charge on any atom is -0.325 e. The molecule has 2 aromatic carbocycles. The summed E-state index contributed by atoms with van der Waals surface area (Å²) < 4.78 is 0. The van der Waals surface area contributed by atoms with Gasteiger partial charge in [0.25, 0.3) is 5.91 Å². The summed E-state index contributed by atoms with van der Waals surface area (Å²) in [5.74, 6) is 0.320. The third kappa shape index (κ3) is 7.17. The van der Waals surface area contributed by atoms with E-state index in [4.69, 9.17) is 4.99 Å². The molecule has 1 unspecified atom stereocenters. The van der Waals surface area contributed by atoms with Gasteiger partial charge in [-0.1, -0.05) is 56.3 Å². The van der Waals surface area contributed by atoms with Crippen molar-refractivity contribution in [3.8, 4) is 0 Å². The van der Waals surface area contributed by atoms with E-state index in [0.717, 1.165) is 39.4 Å². The second-order valence-corrected chi connectivity index (χ2v) is 14.2. The summed E-state index contributed by atoms with van der Waals surface area (Å²) in [7, 11) is 3.45. The number of aliphatic imine (C=N–C) groups is 1. The molecular formula is C41H43N9O3. The summed E-state index contributed by atoms with van der Waals surface area (Å²) in [6.07, 6.45) is 8.39. The number of nitrogens with one attached hydrogen (secondary N) is 2. The molecule has 1 aliphatic carbocycles. The first-order chi connectivity index (χ1) is 25.5. The number of benzene rings is 2. The van der Waals surface area contributed by atoms with E-state index in [0.29, 0.717) is 41.7 Å². The van der Waals surface area contributed by atoms with Crippen molar-refractivity contribution in [1.29, 1.82) is 0 Å². The van der Waals surface area contributed by atoms with Gasteiger partial charge in [0.05, 0.1) is 35.7 Å². The average molecular weight is 710 g/mol. The molecule has 270 valence electrons. The van der Waals surface area contributed by atoms with Crippen LogP contribution in [0.3, 0.4) is 0 Å². The maximum Gasteiger partial charge on any atom is 0.330 e. The Morgan fingerprint density at radius 1 is 0.943 bits per heavy atom. The number of amides is 4. The Hall–Kier alpha value is -6.17. The molecule has 4 heterocycles. The number of aryl methyl sites for hydroxylation is 2. The van der Waals surface area contributed by atoms with Gasteiger partial charge in [-0.25, -0.2) is 9.78 Å². The molecule has 53 heavy (non-hydrogen) atoms. The zero-order valence-corrected chi connectivity index (χ0v) is 30.8. The number of carbonyl (C=O) groups is 3. The Labute approximate surface area is 309 Å². The minimum atomic E-state index is -0.530. The SMILES string of the molecule is Cc1ccc(Nc2ncc3c(n2)N(C)C(=O)N(c2cc(NC(=O)C4C=C5C(=CC4)C(c4ccccc4)=N[C@@H](CC(C)C)C(=O)N5C)ccc2C)C3)cn1. The molecule has 4 aromatic rings. The number of rotatable bonds is 8. The van der Waals surface area contributed by atoms with Gasteiger partial charge in [0.1, 0.15) is 11.9 Å². The lowest BCUT2D eigenvalue weighted by atomic mass is 9.88. The van der Waals surface area contributed by atoms with Crippen molar-refractivity contribution < 1.29 is 14.4 Å². The maximum atomic E-state index is 13.9. The number of hydrogen-bond donors (Lipinski definition) is 2. The summed E-state index contributed by atoms with van der Waals surface area (Å²) in [4.78, 5) is 64.7. The van der Waals surface area contributed by atoms with E-state index in [-0.39, 0.29) is 30.3 Å². The number of allylic oxidation sites excluding steroid dienone is 2. The number of pyridine rings is 1. The van der Waals surface area contributed by atoms with E-state index in [9.17, 15) is 14.4 Å². The monoisotopic (exact) mass is 709 g/mol. The summed E-state index contributed by atoms with van der Waals surface area (Å²) in [5, 5.41) is 6.23. The van der Waals surface area contributed by atoms with Crippen molar-refractivity contribution in [1.82, 2.24) is 19.9 Å². The lowest BCUT2D eigenvalue weighted by Crippen LogP contribution is -2.46. The second kappa shape index (κ2) is 14.5. The summed E-state index contributed by atoms with van der Waals surface area (Å²) in [5.41, 5.74) is 7.74. The van der Waals surface area contributed by atoms with Crippen molar-refractivity contribution in [2.24, 2.45) is 16.8 Å². The molecule has 2 aliphatic heterocycles. The molecule has 4 amide bonds. The lowest BCUT2D eigenvalue weighted by Gasteiger charge is -2.35. The number of hydrogen-bond acceptors (Lipinski definition) is 8. The first kappa shape index (κ1) is 35.2. The predicted molar refractivity (Wildman–Crippen MR) is 207 cm³/mol. The molecule has 2 aromatic heterocycles. The molecular weight excluding hydrogens is 667 g/mol. The zero-order chi connectivity index (χ0) is 37.4. The van der Waals surface area contributed by atoms with E-state index in [1.165, 1.54) is 4.90 Å². The van der Waals surface area contributed by atoms with Gasteiger partial charge < -0.3 is 15.5 Å². The molecule has 2 atom stereocenters. The van der Waals surface area contributed by atoms with Gasteiger partial charge in [-0.2, -0.15) is 4.98 Å². The highest BCUT2D eigenvalue weighted by Gasteiger charge is 2.36. The fraction of sp³-hybridized carbons (Fsp3) is 0.293. The number of anilines is 5. The molecule has 3 aliphatic rings. The number of aromatic nitrogens is 3. The largest absolute Gasteiger partial charge is 0.330 e. The molecule has 0 fully saturated rings. The molecule has 0 spiro atoms. The molecule has 2 N–H and O–H groups in total. The van der Waals surface area contributed by atoms with Crippen molar-refractivity contribution in [2.75, 3.05) is 34.5 Å². The van der Waals surface area contributed by atoms with Gasteiger partial charge in [-0.15, -0.1) is 0 Å². The van der Waals surface area contributed by atoms with Crippen LogP contribution in [0.2, 0.25) is 0 Å². The highest BCUT2D eigenvalue weighted by Crippen LogP contribution is 2.36. The molecule has 0 radical (unpaired) electrons. The molecule has 12 nitrogen and oxygen atoms in total. The summed E-state index contributed by atoms with van der Waals surface area (Å²) >= 11 is 0. The first-order valence-electron chi connectivity index (χ1n) is 17.8. The van der Waals surface area contributed by atoms with Crippen LogP contribution in [-0.4, -0.2) is 63.5 Å². The van der Waals surface area contributed by atoms with Crippen molar-refractivity contribution in [3.05, 3.63) is 119 Å². The Balaban J connectivity index is 1.11. The fourth-order valence-corrected chi connectivity index (χ4v) is 6.88. The van der Waals surface area contributed by atoms with E-state index in [1.807, 2.05) is 86.7 Å². The van der Waals surface area contributed by atoms with Crippen molar-refractivity contribution in [3.63, 3.8) is 0 Å². The van der Waals surface area contributed by atoms with Gasteiger partial charge in [-0.05, 0) is 68.5 Å². The normalized spacial score (nSPS) is 18.5. The predicted octanol–water partition coefficient (Wildman–Crippen LogP) is 6.95. The van der Waals surface area contributed by atoms with Crippen LogP contribution in [0.15, 0.2) is 101 Å². The van der Waals surface area contributed by atoms with E-state index < -0.39 is 12.0 Å². The Kier molecular flexibility index (Phi) is 9.61. The molecule has 0 bridgehead atoms. The van der Waals surface area contributed by atoms with Crippen LogP contribution in [0.25, 0.3) is 0 Å². The van der Waals surface area contributed by atoms with E-state index in [1.54, 1.807) is 36.3 Å². The van der Waals surface area contributed by atoms with Crippen LogP contribution in [-0.2, 0) is 16.1 Å². The first-order valence-corrected chi connectivity index (χ1v) is 17.8. The van der Waals surface area contributed by atoms with Crippen molar-refractivity contribution >= 4 is 52.4 Å². The van der Waals surface area contributed by atoms with Crippen LogP contribution < -0.4 is 20.4 Å². The van der Waals surface area contributed by atoms with Crippen LogP contribution >= 0.6 is 0 Å². The highest BCUT2D eigenvalue weighted by atomic mass is 16.2. The number of likely N-dealkylation sites (N-methyl/N-ethyl adjacent to an activating group) is 1. The van der Waals surface area contributed by atoms with Gasteiger partial charge in [0, 0.05) is 54.1 Å². The molecule has 0 saturated heterocycles. The number of carbonyl (C=O) groups excluding carboxylic acids is 3. The fourth-order valence-electron chi connectivity index (χ4n) is 6.88. The van der Waals surface area contributed by atoms with E-state index >= 15 is 0 Å². The summed E-state index contributed by atoms with van der Waals surface area (Å²) in [6, 6.07) is 18.4. The third-order valence-electron chi connectivity index (χ3n) is 9.75. The van der Waals surface area contributed by atoms with Crippen LogP contribution in [0.5, 0.6) is 0 Å². The maximum absolute atomic E-state index is 13.9. The smallest absolute Gasteiger partial charge is 0.325 e. The molecule has 7 rings (SSSR count). The van der Waals surface area contributed by atoms with Crippen LogP contribution in [0, 0.1) is 25.7 Å². The third-order valence-corrected chi connectivity index (χ3v) is 9.75. The molecule has 12 heteroatoms. The molecule has 0 saturated carbocycles.